The third-order valence-electron chi connectivity index (χ3n) is 3.22. The Balaban J connectivity index is 2.15. The van der Waals surface area contributed by atoms with Crippen molar-refractivity contribution in [2.24, 2.45) is 0 Å². The van der Waals surface area contributed by atoms with Crippen molar-refractivity contribution < 1.29 is 4.79 Å². The topological polar surface area (TPSA) is 64.1 Å². The summed E-state index contributed by atoms with van der Waals surface area (Å²) in [5, 5.41) is 4.15. The van der Waals surface area contributed by atoms with Crippen molar-refractivity contribution in [1.82, 2.24) is 14.7 Å². The summed E-state index contributed by atoms with van der Waals surface area (Å²) in [5.41, 5.74) is 7.22. The molecule has 1 aromatic heterocycles. The molecule has 1 unspecified atom stereocenters. The summed E-state index contributed by atoms with van der Waals surface area (Å²) >= 11 is 0. The van der Waals surface area contributed by atoms with E-state index < -0.39 is 0 Å². The molecule has 2 N–H and O–H groups in total. The van der Waals surface area contributed by atoms with Crippen LogP contribution in [0.3, 0.4) is 0 Å². The van der Waals surface area contributed by atoms with Crippen molar-refractivity contribution in [3.63, 3.8) is 0 Å². The molecule has 1 aliphatic rings. The van der Waals surface area contributed by atoms with Crippen LogP contribution in [0.25, 0.3) is 0 Å². The standard InChI is InChI=1S/C11H18N4O/c1-8-10(12)7-13-15(8)9(2)11(16)14-5-3-4-6-14/h7,9H,3-6,12H2,1-2H3. The van der Waals surface area contributed by atoms with E-state index in [1.807, 2.05) is 18.7 Å². The van der Waals surface area contributed by atoms with Crippen LogP contribution in [-0.2, 0) is 4.79 Å². The van der Waals surface area contributed by atoms with Crippen molar-refractivity contribution in [3.8, 4) is 0 Å². The zero-order valence-corrected chi connectivity index (χ0v) is 9.81. The molecule has 1 saturated heterocycles. The van der Waals surface area contributed by atoms with Gasteiger partial charge in [-0.25, -0.2) is 0 Å². The van der Waals surface area contributed by atoms with Gasteiger partial charge >= 0.3 is 0 Å². The molecule has 1 fully saturated rings. The molecule has 2 heterocycles. The quantitative estimate of drug-likeness (QED) is 0.810. The third kappa shape index (κ3) is 1.77. The fraction of sp³-hybridized carbons (Fsp3) is 0.636. The smallest absolute Gasteiger partial charge is 0.247 e. The van der Waals surface area contributed by atoms with E-state index in [2.05, 4.69) is 5.10 Å². The van der Waals surface area contributed by atoms with Gasteiger partial charge in [0.15, 0.2) is 0 Å². The molecular formula is C11H18N4O. The normalized spacial score (nSPS) is 17.8. The predicted molar refractivity (Wildman–Crippen MR) is 61.9 cm³/mol. The minimum atomic E-state index is -0.254. The fourth-order valence-electron chi connectivity index (χ4n) is 2.13. The Bertz CT molecular complexity index is 393. The van der Waals surface area contributed by atoms with Crippen LogP contribution in [-0.4, -0.2) is 33.7 Å². The van der Waals surface area contributed by atoms with Gasteiger partial charge < -0.3 is 10.6 Å². The van der Waals surface area contributed by atoms with Gasteiger partial charge in [0.05, 0.1) is 17.6 Å². The number of nitrogen functional groups attached to an aromatic ring is 1. The first kappa shape index (κ1) is 11.0. The number of hydrogen-bond donors (Lipinski definition) is 1. The lowest BCUT2D eigenvalue weighted by Gasteiger charge is -2.21. The van der Waals surface area contributed by atoms with E-state index in [-0.39, 0.29) is 11.9 Å². The predicted octanol–water partition coefficient (Wildman–Crippen LogP) is 0.957. The fourth-order valence-corrected chi connectivity index (χ4v) is 2.13. The molecule has 2 rings (SSSR count). The van der Waals surface area contributed by atoms with E-state index >= 15 is 0 Å². The molecule has 1 aliphatic heterocycles. The van der Waals surface area contributed by atoms with Crippen LogP contribution >= 0.6 is 0 Å². The molecule has 5 nitrogen and oxygen atoms in total. The van der Waals surface area contributed by atoms with Crippen molar-refractivity contribution in [3.05, 3.63) is 11.9 Å². The molecule has 0 aliphatic carbocycles. The van der Waals surface area contributed by atoms with E-state index in [4.69, 9.17) is 5.73 Å². The summed E-state index contributed by atoms with van der Waals surface area (Å²) < 4.78 is 1.70. The van der Waals surface area contributed by atoms with E-state index in [9.17, 15) is 4.79 Å². The first-order valence-electron chi connectivity index (χ1n) is 5.69. The SMILES string of the molecule is Cc1c(N)cnn1C(C)C(=O)N1CCCC1. The van der Waals surface area contributed by atoms with Crippen LogP contribution in [0.1, 0.15) is 31.5 Å². The average molecular weight is 222 g/mol. The number of nitrogens with two attached hydrogens (primary N) is 1. The molecule has 1 aromatic rings. The van der Waals surface area contributed by atoms with E-state index in [0.717, 1.165) is 31.6 Å². The Kier molecular flexibility index (Phi) is 2.85. The maximum Gasteiger partial charge on any atom is 0.247 e. The Labute approximate surface area is 95.2 Å². The first-order valence-corrected chi connectivity index (χ1v) is 5.69. The molecule has 16 heavy (non-hydrogen) atoms. The summed E-state index contributed by atoms with van der Waals surface area (Å²) in [4.78, 5) is 14.0. The van der Waals surface area contributed by atoms with Gasteiger partial charge in [0.1, 0.15) is 6.04 Å². The van der Waals surface area contributed by atoms with Gasteiger partial charge in [-0.3, -0.25) is 9.48 Å². The molecule has 5 heteroatoms. The monoisotopic (exact) mass is 222 g/mol. The van der Waals surface area contributed by atoms with Crippen LogP contribution in [0.15, 0.2) is 6.20 Å². The van der Waals surface area contributed by atoms with Gasteiger partial charge in [-0.15, -0.1) is 0 Å². The number of carbonyl (C=O) groups is 1. The Morgan fingerprint density at radius 3 is 2.62 bits per heavy atom. The number of nitrogens with zero attached hydrogens (tertiary/aromatic N) is 3. The highest BCUT2D eigenvalue weighted by molar-refractivity contribution is 5.80. The number of aromatic nitrogens is 2. The number of anilines is 1. The maximum atomic E-state index is 12.1. The number of carbonyl (C=O) groups excluding carboxylic acids is 1. The largest absolute Gasteiger partial charge is 0.396 e. The Hall–Kier alpha value is -1.52. The summed E-state index contributed by atoms with van der Waals surface area (Å²) in [6.07, 6.45) is 3.82. The molecule has 0 aromatic carbocycles. The molecule has 1 amide bonds. The highest BCUT2D eigenvalue weighted by atomic mass is 16.2. The molecule has 0 radical (unpaired) electrons. The Morgan fingerprint density at radius 1 is 1.50 bits per heavy atom. The van der Waals surface area contributed by atoms with Gasteiger partial charge in [0.25, 0.3) is 0 Å². The zero-order valence-electron chi connectivity index (χ0n) is 9.81. The summed E-state index contributed by atoms with van der Waals surface area (Å²) in [6.45, 7) is 5.51. The second-order valence-corrected chi connectivity index (χ2v) is 4.34. The van der Waals surface area contributed by atoms with Crippen LogP contribution in [0, 0.1) is 6.92 Å². The summed E-state index contributed by atoms with van der Waals surface area (Å²) in [6, 6.07) is -0.254. The van der Waals surface area contributed by atoms with Gasteiger partial charge in [0, 0.05) is 13.1 Å². The second-order valence-electron chi connectivity index (χ2n) is 4.34. The van der Waals surface area contributed by atoms with Crippen LogP contribution < -0.4 is 5.73 Å². The van der Waals surface area contributed by atoms with Crippen molar-refractivity contribution >= 4 is 11.6 Å². The summed E-state index contributed by atoms with van der Waals surface area (Å²) in [5.74, 6) is 0.142. The summed E-state index contributed by atoms with van der Waals surface area (Å²) in [7, 11) is 0. The maximum absolute atomic E-state index is 12.1. The molecule has 0 spiro atoms. The van der Waals surface area contributed by atoms with E-state index in [1.54, 1.807) is 10.9 Å². The van der Waals surface area contributed by atoms with E-state index in [1.165, 1.54) is 0 Å². The van der Waals surface area contributed by atoms with Gasteiger partial charge in [-0.2, -0.15) is 5.10 Å². The number of hydrogen-bond acceptors (Lipinski definition) is 3. The molecule has 88 valence electrons. The van der Waals surface area contributed by atoms with Crippen molar-refractivity contribution in [2.75, 3.05) is 18.8 Å². The van der Waals surface area contributed by atoms with Gasteiger partial charge in [0.2, 0.25) is 5.91 Å². The van der Waals surface area contributed by atoms with Gasteiger partial charge in [-0.1, -0.05) is 0 Å². The third-order valence-corrected chi connectivity index (χ3v) is 3.22. The van der Waals surface area contributed by atoms with Crippen LogP contribution in [0.4, 0.5) is 5.69 Å². The minimum Gasteiger partial charge on any atom is -0.396 e. The highest BCUT2D eigenvalue weighted by Gasteiger charge is 2.25. The molecule has 0 saturated carbocycles. The number of amides is 1. The van der Waals surface area contributed by atoms with Crippen molar-refractivity contribution in [1.29, 1.82) is 0 Å². The van der Waals surface area contributed by atoms with Crippen molar-refractivity contribution in [2.45, 2.75) is 32.7 Å². The van der Waals surface area contributed by atoms with E-state index in [0.29, 0.717) is 5.69 Å². The van der Waals surface area contributed by atoms with Gasteiger partial charge in [-0.05, 0) is 26.7 Å². The molecular weight excluding hydrogens is 204 g/mol. The first-order chi connectivity index (χ1) is 7.61. The lowest BCUT2D eigenvalue weighted by molar-refractivity contribution is -0.133. The lowest BCUT2D eigenvalue weighted by atomic mass is 10.3. The molecule has 0 bridgehead atoms. The number of rotatable bonds is 2. The van der Waals surface area contributed by atoms with Crippen LogP contribution in [0.2, 0.25) is 0 Å². The second kappa shape index (κ2) is 4.15. The van der Waals surface area contributed by atoms with Crippen LogP contribution in [0.5, 0.6) is 0 Å². The Morgan fingerprint density at radius 2 is 2.12 bits per heavy atom. The minimum absolute atomic E-state index is 0.142. The lowest BCUT2D eigenvalue weighted by Crippen LogP contribution is -2.34. The number of likely N-dealkylation sites (tertiary alicyclic amines) is 1. The average Bonchev–Trinajstić information content (AvgIpc) is 2.89. The highest BCUT2D eigenvalue weighted by Crippen LogP contribution is 2.19. The zero-order chi connectivity index (χ0) is 11.7. The molecule has 1 atom stereocenters.